The fourth-order valence-electron chi connectivity index (χ4n) is 2.03. The van der Waals surface area contributed by atoms with Gasteiger partial charge in [-0.15, -0.1) is 0 Å². The fraction of sp³-hybridized carbons (Fsp3) is 1.00. The summed E-state index contributed by atoms with van der Waals surface area (Å²) < 4.78 is 11.4. The molecular weight excluding hydrogens is 166 g/mol. The number of hydrogen-bond acceptors (Lipinski definition) is 3. The van der Waals surface area contributed by atoms with Gasteiger partial charge in [0.05, 0.1) is 11.7 Å². The fourth-order valence-corrected chi connectivity index (χ4v) is 2.03. The minimum atomic E-state index is 0.00324. The molecule has 0 aliphatic carbocycles. The Morgan fingerprint density at radius 2 is 2.31 bits per heavy atom. The number of hydrogen-bond donors (Lipinski definition) is 1. The van der Waals surface area contributed by atoms with Gasteiger partial charge in [0.1, 0.15) is 6.23 Å². The molecule has 3 heteroatoms. The number of ether oxygens (including phenoxy) is 2. The van der Waals surface area contributed by atoms with Crippen LogP contribution in [0, 0.1) is 0 Å². The normalized spacial score (nSPS) is 38.3. The van der Waals surface area contributed by atoms with E-state index in [1.54, 1.807) is 0 Å². The summed E-state index contributed by atoms with van der Waals surface area (Å²) in [5, 5.41) is 3.37. The summed E-state index contributed by atoms with van der Waals surface area (Å²) in [7, 11) is 0. The Bertz CT molecular complexity index is 176. The summed E-state index contributed by atoms with van der Waals surface area (Å²) in [4.78, 5) is 0. The van der Waals surface area contributed by atoms with Crippen molar-refractivity contribution in [2.24, 2.45) is 0 Å². The Morgan fingerprint density at radius 3 is 2.85 bits per heavy atom. The Morgan fingerprint density at radius 1 is 1.46 bits per heavy atom. The van der Waals surface area contributed by atoms with E-state index in [1.807, 2.05) is 0 Å². The van der Waals surface area contributed by atoms with Gasteiger partial charge in [-0.2, -0.15) is 0 Å². The van der Waals surface area contributed by atoms with Gasteiger partial charge >= 0.3 is 0 Å². The third kappa shape index (κ3) is 2.42. The van der Waals surface area contributed by atoms with Gasteiger partial charge in [0, 0.05) is 19.6 Å². The second kappa shape index (κ2) is 3.56. The van der Waals surface area contributed by atoms with Crippen molar-refractivity contribution in [3.05, 3.63) is 0 Å². The standard InChI is InChI=1S/C10H19NO2/c1-10(2)7-11-9(13-10)6-8-4-3-5-12-8/h8-9,11H,3-7H2,1-2H3. The molecule has 1 N–H and O–H groups in total. The van der Waals surface area contributed by atoms with Crippen LogP contribution in [0.15, 0.2) is 0 Å². The van der Waals surface area contributed by atoms with E-state index in [4.69, 9.17) is 9.47 Å². The molecule has 2 aliphatic rings. The summed E-state index contributed by atoms with van der Waals surface area (Å²) in [6.45, 7) is 6.12. The molecule has 2 heterocycles. The lowest BCUT2D eigenvalue weighted by atomic mass is 10.1. The van der Waals surface area contributed by atoms with Gasteiger partial charge in [-0.3, -0.25) is 5.32 Å². The average molecular weight is 185 g/mol. The zero-order valence-electron chi connectivity index (χ0n) is 8.51. The minimum Gasteiger partial charge on any atom is -0.378 e. The highest BCUT2D eigenvalue weighted by Gasteiger charge is 2.33. The molecular formula is C10H19NO2. The maximum atomic E-state index is 5.82. The molecule has 0 amide bonds. The predicted molar refractivity (Wildman–Crippen MR) is 50.5 cm³/mol. The quantitative estimate of drug-likeness (QED) is 0.703. The monoisotopic (exact) mass is 185 g/mol. The first kappa shape index (κ1) is 9.44. The Hall–Kier alpha value is -0.120. The van der Waals surface area contributed by atoms with Gasteiger partial charge in [-0.05, 0) is 26.7 Å². The zero-order valence-corrected chi connectivity index (χ0v) is 8.51. The molecule has 2 rings (SSSR count). The van der Waals surface area contributed by atoms with Crippen molar-refractivity contribution in [2.45, 2.75) is 51.0 Å². The molecule has 3 nitrogen and oxygen atoms in total. The molecule has 0 saturated carbocycles. The first-order valence-electron chi connectivity index (χ1n) is 5.18. The molecule has 2 unspecified atom stereocenters. The third-order valence-corrected chi connectivity index (χ3v) is 2.72. The Kier molecular flexibility index (Phi) is 2.58. The molecule has 76 valence electrons. The zero-order chi connectivity index (χ0) is 9.31. The van der Waals surface area contributed by atoms with Crippen molar-refractivity contribution in [3.8, 4) is 0 Å². The van der Waals surface area contributed by atoms with E-state index >= 15 is 0 Å². The first-order valence-corrected chi connectivity index (χ1v) is 5.18. The van der Waals surface area contributed by atoms with Crippen molar-refractivity contribution in [2.75, 3.05) is 13.2 Å². The molecule has 2 fully saturated rings. The van der Waals surface area contributed by atoms with Crippen LogP contribution in [0.1, 0.15) is 33.1 Å². The summed E-state index contributed by atoms with van der Waals surface area (Å²) in [6, 6.07) is 0. The van der Waals surface area contributed by atoms with Crippen LogP contribution >= 0.6 is 0 Å². The number of rotatable bonds is 2. The molecule has 0 radical (unpaired) electrons. The van der Waals surface area contributed by atoms with E-state index < -0.39 is 0 Å². The molecule has 2 aliphatic heterocycles. The lowest BCUT2D eigenvalue weighted by molar-refractivity contribution is -0.0390. The third-order valence-electron chi connectivity index (χ3n) is 2.72. The lowest BCUT2D eigenvalue weighted by Gasteiger charge is -2.19. The predicted octanol–water partition coefficient (Wildman–Crippen LogP) is 1.28. The van der Waals surface area contributed by atoms with E-state index in [2.05, 4.69) is 19.2 Å². The highest BCUT2D eigenvalue weighted by Crippen LogP contribution is 2.23. The van der Waals surface area contributed by atoms with Crippen molar-refractivity contribution >= 4 is 0 Å². The van der Waals surface area contributed by atoms with Crippen LogP contribution in [0.2, 0.25) is 0 Å². The molecule has 0 aromatic rings. The van der Waals surface area contributed by atoms with E-state index in [0.717, 1.165) is 19.6 Å². The topological polar surface area (TPSA) is 30.5 Å². The summed E-state index contributed by atoms with van der Waals surface area (Å²) in [6.07, 6.45) is 4.04. The molecule has 0 aromatic heterocycles. The molecule has 2 atom stereocenters. The van der Waals surface area contributed by atoms with Crippen LogP contribution in [-0.4, -0.2) is 31.1 Å². The van der Waals surface area contributed by atoms with Crippen molar-refractivity contribution in [1.82, 2.24) is 5.32 Å². The molecule has 0 spiro atoms. The van der Waals surface area contributed by atoms with Crippen LogP contribution in [0.5, 0.6) is 0 Å². The second-order valence-corrected chi connectivity index (χ2v) is 4.62. The van der Waals surface area contributed by atoms with E-state index in [0.29, 0.717) is 6.10 Å². The van der Waals surface area contributed by atoms with E-state index in [9.17, 15) is 0 Å². The first-order chi connectivity index (χ1) is 6.16. The van der Waals surface area contributed by atoms with Gasteiger partial charge < -0.3 is 9.47 Å². The van der Waals surface area contributed by atoms with Gasteiger partial charge in [0.25, 0.3) is 0 Å². The maximum Gasteiger partial charge on any atom is 0.111 e. The molecule has 0 aromatic carbocycles. The van der Waals surface area contributed by atoms with Crippen LogP contribution in [0.4, 0.5) is 0 Å². The molecule has 0 bridgehead atoms. The molecule has 2 saturated heterocycles. The van der Waals surface area contributed by atoms with E-state index in [1.165, 1.54) is 12.8 Å². The van der Waals surface area contributed by atoms with Crippen molar-refractivity contribution in [1.29, 1.82) is 0 Å². The summed E-state index contributed by atoms with van der Waals surface area (Å²) in [5.41, 5.74) is 0.00324. The highest BCUT2D eigenvalue weighted by molar-refractivity contribution is 4.83. The van der Waals surface area contributed by atoms with Gasteiger partial charge in [-0.25, -0.2) is 0 Å². The smallest absolute Gasteiger partial charge is 0.111 e. The summed E-state index contributed by atoms with van der Waals surface area (Å²) >= 11 is 0. The summed E-state index contributed by atoms with van der Waals surface area (Å²) in [5.74, 6) is 0. The van der Waals surface area contributed by atoms with Gasteiger partial charge in [0.15, 0.2) is 0 Å². The molecule has 13 heavy (non-hydrogen) atoms. The largest absolute Gasteiger partial charge is 0.378 e. The van der Waals surface area contributed by atoms with Gasteiger partial charge in [-0.1, -0.05) is 0 Å². The van der Waals surface area contributed by atoms with Crippen LogP contribution in [0.3, 0.4) is 0 Å². The number of nitrogens with one attached hydrogen (secondary N) is 1. The minimum absolute atomic E-state index is 0.00324. The van der Waals surface area contributed by atoms with Crippen LogP contribution < -0.4 is 5.32 Å². The second-order valence-electron chi connectivity index (χ2n) is 4.62. The lowest BCUT2D eigenvalue weighted by Crippen LogP contribution is -2.27. The maximum absolute atomic E-state index is 5.82. The Labute approximate surface area is 79.8 Å². The van der Waals surface area contributed by atoms with Gasteiger partial charge in [0.2, 0.25) is 0 Å². The SMILES string of the molecule is CC1(C)CNC(CC2CCCO2)O1. The average Bonchev–Trinajstić information content (AvgIpc) is 2.61. The van der Waals surface area contributed by atoms with Crippen molar-refractivity contribution in [3.63, 3.8) is 0 Å². The van der Waals surface area contributed by atoms with Crippen LogP contribution in [0.25, 0.3) is 0 Å². The van der Waals surface area contributed by atoms with E-state index in [-0.39, 0.29) is 11.8 Å². The Balaban J connectivity index is 1.77. The highest BCUT2D eigenvalue weighted by atomic mass is 16.5. The van der Waals surface area contributed by atoms with Crippen LogP contribution in [-0.2, 0) is 9.47 Å². The van der Waals surface area contributed by atoms with Crippen molar-refractivity contribution < 1.29 is 9.47 Å².